The smallest absolute Gasteiger partial charge is 0.227 e. The predicted octanol–water partition coefficient (Wildman–Crippen LogP) is 2.47. The van der Waals surface area contributed by atoms with Crippen molar-refractivity contribution >= 4 is 5.91 Å². The van der Waals surface area contributed by atoms with E-state index in [2.05, 4.69) is 13.0 Å². The van der Waals surface area contributed by atoms with Gasteiger partial charge in [-0.05, 0) is 68.1 Å². The van der Waals surface area contributed by atoms with Crippen molar-refractivity contribution in [1.29, 1.82) is 5.26 Å². The summed E-state index contributed by atoms with van der Waals surface area (Å²) in [5, 5.41) is 20.3. The number of aliphatic hydroxyl groups is 1. The molecule has 1 aliphatic heterocycles. The van der Waals surface area contributed by atoms with Crippen molar-refractivity contribution in [3.63, 3.8) is 0 Å². The fraction of sp³-hybridized carbons (Fsp3) is 0.895. The van der Waals surface area contributed by atoms with Crippen LogP contribution in [-0.4, -0.2) is 33.6 Å². The Labute approximate surface area is 137 Å². The summed E-state index contributed by atoms with van der Waals surface area (Å²) in [5.74, 6) is 1.85. The lowest BCUT2D eigenvalue weighted by Crippen LogP contribution is -2.51. The number of rotatable bonds is 2. The molecule has 0 radical (unpaired) electrons. The Kier molecular flexibility index (Phi) is 2.67. The van der Waals surface area contributed by atoms with E-state index in [1.165, 1.54) is 12.8 Å². The molecule has 1 saturated heterocycles. The van der Waals surface area contributed by atoms with Crippen molar-refractivity contribution < 1.29 is 9.90 Å². The summed E-state index contributed by atoms with van der Waals surface area (Å²) in [4.78, 5) is 15.2. The van der Waals surface area contributed by atoms with Gasteiger partial charge in [-0.3, -0.25) is 4.79 Å². The fourth-order valence-electron chi connectivity index (χ4n) is 6.84. The van der Waals surface area contributed by atoms with E-state index in [1.54, 1.807) is 0 Å². The van der Waals surface area contributed by atoms with Crippen LogP contribution in [0.15, 0.2) is 0 Å². The van der Waals surface area contributed by atoms with E-state index < -0.39 is 5.60 Å². The summed E-state index contributed by atoms with van der Waals surface area (Å²) in [6.07, 6.45) is 8.27. The van der Waals surface area contributed by atoms with Gasteiger partial charge in [-0.2, -0.15) is 5.26 Å². The van der Waals surface area contributed by atoms with Crippen LogP contribution in [0.1, 0.15) is 58.3 Å². The molecule has 124 valence electrons. The van der Waals surface area contributed by atoms with E-state index >= 15 is 0 Å². The van der Waals surface area contributed by atoms with Gasteiger partial charge in [-0.1, -0.05) is 13.3 Å². The van der Waals surface area contributed by atoms with Crippen LogP contribution in [0.5, 0.6) is 0 Å². The second-order valence-corrected chi connectivity index (χ2v) is 9.22. The average molecular weight is 314 g/mol. The van der Waals surface area contributed by atoms with Gasteiger partial charge in [0.25, 0.3) is 0 Å². The fourth-order valence-corrected chi connectivity index (χ4v) is 6.84. The maximum absolute atomic E-state index is 13.3. The van der Waals surface area contributed by atoms with Gasteiger partial charge in [-0.25, -0.2) is 0 Å². The quantitative estimate of drug-likeness (QED) is 0.851. The van der Waals surface area contributed by atoms with Crippen molar-refractivity contribution in [2.45, 2.75) is 76.0 Å². The molecule has 5 rings (SSSR count). The average Bonchev–Trinajstić information content (AvgIpc) is 3.15. The lowest BCUT2D eigenvalue weighted by atomic mass is 9.61. The second-order valence-electron chi connectivity index (χ2n) is 9.22. The number of hydrogen-bond acceptors (Lipinski definition) is 3. The van der Waals surface area contributed by atoms with Crippen molar-refractivity contribution in [2.75, 3.05) is 0 Å². The zero-order chi connectivity index (χ0) is 16.0. The molecule has 5 fully saturated rings. The molecule has 23 heavy (non-hydrogen) atoms. The molecule has 5 aliphatic rings. The molecule has 0 aromatic carbocycles. The molecule has 8 atom stereocenters. The van der Waals surface area contributed by atoms with Crippen LogP contribution in [0.4, 0.5) is 0 Å². The Bertz CT molecular complexity index is 613. The molecule has 2 bridgehead atoms. The number of nitriles is 1. The monoisotopic (exact) mass is 314 g/mol. The third kappa shape index (κ3) is 1.72. The number of hydrogen-bond donors (Lipinski definition) is 1. The topological polar surface area (TPSA) is 64.3 Å². The number of nitrogens with zero attached hydrogens (tertiary/aromatic N) is 2. The lowest BCUT2D eigenvalue weighted by molar-refractivity contribution is -0.143. The largest absolute Gasteiger partial charge is 0.390 e. The number of likely N-dealkylation sites (tertiary alicyclic amines) is 1. The summed E-state index contributed by atoms with van der Waals surface area (Å²) in [6.45, 7) is 2.08. The molecule has 0 aromatic rings. The second kappa shape index (κ2) is 4.30. The third-order valence-corrected chi connectivity index (χ3v) is 8.21. The standard InChI is InChI=1S/C19H26N2O2/c1-11(17(22)21-14(9-20)5-13-6-16(13)21)18-4-2-3-12-7-19(23,10-18)15(12)8-18/h11-16,23H,2-8,10H2,1H3/t11-,12?,13-,14+,15?,16+,18?,19?/m1/s1. The molecule has 4 nitrogen and oxygen atoms in total. The predicted molar refractivity (Wildman–Crippen MR) is 84.0 cm³/mol. The van der Waals surface area contributed by atoms with Crippen LogP contribution < -0.4 is 0 Å². The maximum Gasteiger partial charge on any atom is 0.227 e. The molecule has 4 aliphatic carbocycles. The Morgan fingerprint density at radius 1 is 1.35 bits per heavy atom. The first kappa shape index (κ1) is 14.3. The summed E-state index contributed by atoms with van der Waals surface area (Å²) < 4.78 is 0. The van der Waals surface area contributed by atoms with Crippen LogP contribution >= 0.6 is 0 Å². The lowest BCUT2D eigenvalue weighted by Gasteiger charge is -2.49. The van der Waals surface area contributed by atoms with Gasteiger partial charge in [-0.15, -0.1) is 0 Å². The highest BCUT2D eigenvalue weighted by molar-refractivity contribution is 5.81. The van der Waals surface area contributed by atoms with Crippen molar-refractivity contribution in [1.82, 2.24) is 4.90 Å². The van der Waals surface area contributed by atoms with E-state index in [0.717, 1.165) is 38.5 Å². The number of carbonyl (C=O) groups is 1. The van der Waals surface area contributed by atoms with Gasteiger partial charge in [0.2, 0.25) is 5.91 Å². The van der Waals surface area contributed by atoms with E-state index in [-0.39, 0.29) is 23.3 Å². The molecular weight excluding hydrogens is 288 g/mol. The molecule has 4 unspecified atom stereocenters. The maximum atomic E-state index is 13.3. The van der Waals surface area contributed by atoms with Gasteiger partial charge >= 0.3 is 0 Å². The molecule has 1 N–H and O–H groups in total. The van der Waals surface area contributed by atoms with E-state index in [9.17, 15) is 15.2 Å². The first-order valence-corrected chi connectivity index (χ1v) is 9.42. The highest BCUT2D eigenvalue weighted by atomic mass is 16.3. The molecule has 1 heterocycles. The molecule has 0 aromatic heterocycles. The Morgan fingerprint density at radius 2 is 2.17 bits per heavy atom. The minimum Gasteiger partial charge on any atom is -0.390 e. The normalized spacial score (nSPS) is 53.8. The van der Waals surface area contributed by atoms with Crippen LogP contribution in [0.2, 0.25) is 0 Å². The van der Waals surface area contributed by atoms with Gasteiger partial charge in [0.1, 0.15) is 6.04 Å². The number of fused-ring (bicyclic) bond motifs is 2. The Hall–Kier alpha value is -1.08. The van der Waals surface area contributed by atoms with E-state index in [1.807, 2.05) is 4.90 Å². The van der Waals surface area contributed by atoms with Crippen LogP contribution in [0, 0.1) is 40.4 Å². The van der Waals surface area contributed by atoms with Crippen LogP contribution in [-0.2, 0) is 4.79 Å². The van der Waals surface area contributed by atoms with Crippen molar-refractivity contribution in [3.05, 3.63) is 0 Å². The first-order chi connectivity index (χ1) is 11.0. The third-order valence-electron chi connectivity index (χ3n) is 8.21. The minimum absolute atomic E-state index is 0.0191. The zero-order valence-electron chi connectivity index (χ0n) is 13.9. The molecule has 4 heteroatoms. The number of piperidine rings is 1. The Morgan fingerprint density at radius 3 is 2.96 bits per heavy atom. The molecule has 0 spiro atoms. The van der Waals surface area contributed by atoms with E-state index in [4.69, 9.17) is 0 Å². The highest BCUT2D eigenvalue weighted by Crippen LogP contribution is 2.68. The minimum atomic E-state index is -0.485. The SMILES string of the molecule is C[C@H](C(=O)N1[C@H](C#N)C[C@@H]2C[C@@H]21)C12CCCC3CC(O)(C1)C3C2. The summed E-state index contributed by atoms with van der Waals surface area (Å²) >= 11 is 0. The van der Waals surface area contributed by atoms with Crippen molar-refractivity contribution in [3.8, 4) is 6.07 Å². The zero-order valence-corrected chi connectivity index (χ0v) is 13.9. The molecule has 1 amide bonds. The van der Waals surface area contributed by atoms with Gasteiger partial charge < -0.3 is 10.0 Å². The number of amides is 1. The molecule has 4 saturated carbocycles. The van der Waals surface area contributed by atoms with Gasteiger partial charge in [0, 0.05) is 12.0 Å². The summed E-state index contributed by atoms with van der Waals surface area (Å²) in [6, 6.07) is 2.48. The van der Waals surface area contributed by atoms with Crippen LogP contribution in [0.3, 0.4) is 0 Å². The first-order valence-electron chi connectivity index (χ1n) is 9.42. The summed E-state index contributed by atoms with van der Waals surface area (Å²) in [5.41, 5.74) is -0.504. The summed E-state index contributed by atoms with van der Waals surface area (Å²) in [7, 11) is 0. The van der Waals surface area contributed by atoms with E-state index in [0.29, 0.717) is 23.8 Å². The highest BCUT2D eigenvalue weighted by Gasteiger charge is 2.66. The van der Waals surface area contributed by atoms with Gasteiger partial charge in [0.15, 0.2) is 0 Å². The number of carbonyl (C=O) groups excluding carboxylic acids is 1. The van der Waals surface area contributed by atoms with Crippen molar-refractivity contribution in [2.24, 2.45) is 29.1 Å². The van der Waals surface area contributed by atoms with Gasteiger partial charge in [0.05, 0.1) is 11.7 Å². The molecular formula is C19H26N2O2. The Balaban J connectivity index is 1.42. The van der Waals surface area contributed by atoms with Crippen LogP contribution in [0.25, 0.3) is 0 Å².